The Balaban J connectivity index is 1.68. The van der Waals surface area contributed by atoms with Crippen molar-refractivity contribution in [3.05, 3.63) is 35.8 Å². The quantitative estimate of drug-likeness (QED) is 0.481. The number of carbonyl (C=O) groups is 2. The summed E-state index contributed by atoms with van der Waals surface area (Å²) in [7, 11) is 0. The Morgan fingerprint density at radius 2 is 2.29 bits per heavy atom. The molecular weight excluding hydrogens is 364 g/mol. The minimum absolute atomic E-state index is 0.0366. The number of hydrogen-bond acceptors (Lipinski definition) is 8. The fourth-order valence-corrected chi connectivity index (χ4v) is 3.12. The molecule has 2 saturated heterocycles. The molecule has 4 heterocycles. The molecule has 0 aliphatic carbocycles. The summed E-state index contributed by atoms with van der Waals surface area (Å²) in [6.45, 7) is 4.03. The molecule has 2 aliphatic rings. The molecule has 1 N–H and O–H groups in total. The predicted molar refractivity (Wildman–Crippen MR) is 100 cm³/mol. The number of Topliss-reactive ketones (excluding diaryl/α,β-unsaturated/α-hetero) is 1. The third-order valence-electron chi connectivity index (χ3n) is 4.49. The van der Waals surface area contributed by atoms with E-state index in [0.29, 0.717) is 32.0 Å². The number of hydrazone groups is 1. The number of nitrogens with one attached hydrogen (secondary N) is 1. The van der Waals surface area contributed by atoms with Crippen LogP contribution in [0.1, 0.15) is 12.5 Å². The second kappa shape index (κ2) is 7.81. The second-order valence-corrected chi connectivity index (χ2v) is 6.31. The molecule has 1 atom stereocenters. The van der Waals surface area contributed by atoms with Gasteiger partial charge in [-0.25, -0.2) is 4.98 Å². The van der Waals surface area contributed by atoms with Crippen molar-refractivity contribution in [1.82, 2.24) is 15.0 Å². The highest BCUT2D eigenvalue weighted by molar-refractivity contribution is 6.27. The van der Waals surface area contributed by atoms with Crippen LogP contribution in [0.25, 0.3) is 17.1 Å². The van der Waals surface area contributed by atoms with E-state index < -0.39 is 17.7 Å². The number of morpholine rings is 1. The maximum Gasteiger partial charge on any atom is 0.326 e. The number of aromatic amines is 1. The zero-order chi connectivity index (χ0) is 19.5. The Hall–Kier alpha value is -3.20. The number of pyridine rings is 1. The number of hydrogen-bond donors (Lipinski definition) is 1. The fourth-order valence-electron chi connectivity index (χ4n) is 3.12. The summed E-state index contributed by atoms with van der Waals surface area (Å²) in [5, 5.41) is 6.96. The van der Waals surface area contributed by atoms with Crippen molar-refractivity contribution < 1.29 is 23.8 Å². The molecule has 4 rings (SSSR count). The first-order chi connectivity index (χ1) is 13.7. The van der Waals surface area contributed by atoms with Gasteiger partial charge in [-0.3, -0.25) is 14.6 Å². The number of rotatable bonds is 4. The molecule has 146 valence electrons. The van der Waals surface area contributed by atoms with Gasteiger partial charge in [0, 0.05) is 23.3 Å². The van der Waals surface area contributed by atoms with Crippen LogP contribution in [0.2, 0.25) is 0 Å². The van der Waals surface area contributed by atoms with Gasteiger partial charge in [0.25, 0.3) is 0 Å². The van der Waals surface area contributed by atoms with Gasteiger partial charge in [0.2, 0.25) is 17.6 Å². The number of fused-ring (bicyclic) bond motifs is 1. The van der Waals surface area contributed by atoms with Crippen LogP contribution in [-0.4, -0.2) is 65.5 Å². The average molecular weight is 384 g/mol. The molecule has 1 unspecified atom stereocenters. The molecule has 28 heavy (non-hydrogen) atoms. The summed E-state index contributed by atoms with van der Waals surface area (Å²) < 4.78 is 16.1. The summed E-state index contributed by atoms with van der Waals surface area (Å²) in [5.41, 5.74) is 1.44. The molecule has 2 aromatic rings. The normalized spacial score (nSPS) is 22.8. The van der Waals surface area contributed by atoms with Gasteiger partial charge in [-0.2, -0.15) is 0 Å². The van der Waals surface area contributed by atoms with E-state index in [9.17, 15) is 9.59 Å². The van der Waals surface area contributed by atoms with Crippen LogP contribution in [0.5, 0.6) is 0 Å². The van der Waals surface area contributed by atoms with Gasteiger partial charge in [0.15, 0.2) is 5.76 Å². The van der Waals surface area contributed by atoms with Crippen molar-refractivity contribution in [2.45, 2.75) is 6.92 Å². The Morgan fingerprint density at radius 1 is 1.46 bits per heavy atom. The number of allylic oxidation sites excluding steroid dienone is 1. The monoisotopic (exact) mass is 384 g/mol. The van der Waals surface area contributed by atoms with E-state index in [1.807, 2.05) is 12.1 Å². The molecule has 0 bridgehead atoms. The fraction of sp³-hybridized carbons (Fsp3) is 0.368. The maximum absolute atomic E-state index is 12.9. The minimum Gasteiger partial charge on any atom is -0.465 e. The van der Waals surface area contributed by atoms with Gasteiger partial charge in [-0.1, -0.05) is 0 Å². The first kappa shape index (κ1) is 18.2. The number of ketones is 1. The Morgan fingerprint density at radius 3 is 3.07 bits per heavy atom. The number of aromatic nitrogens is 2. The van der Waals surface area contributed by atoms with Crippen LogP contribution in [0.3, 0.4) is 0 Å². The highest BCUT2D eigenvalue weighted by atomic mass is 16.5. The van der Waals surface area contributed by atoms with Crippen molar-refractivity contribution >= 4 is 34.8 Å². The lowest BCUT2D eigenvalue weighted by atomic mass is 10.0. The van der Waals surface area contributed by atoms with Crippen LogP contribution in [0, 0.1) is 5.92 Å². The summed E-state index contributed by atoms with van der Waals surface area (Å²) in [6, 6.07) is 3.69. The lowest BCUT2D eigenvalue weighted by molar-refractivity contribution is -0.147. The molecule has 9 heteroatoms. The van der Waals surface area contributed by atoms with Crippen LogP contribution < -0.4 is 0 Å². The lowest BCUT2D eigenvalue weighted by Crippen LogP contribution is -2.35. The molecular formula is C19H20N4O5. The van der Waals surface area contributed by atoms with E-state index in [4.69, 9.17) is 14.2 Å². The Bertz CT molecular complexity index is 958. The topological polar surface area (TPSA) is 106 Å². The largest absolute Gasteiger partial charge is 0.465 e. The van der Waals surface area contributed by atoms with Gasteiger partial charge >= 0.3 is 5.97 Å². The number of nitrogens with zero attached hydrogens (tertiary/aromatic N) is 3. The molecule has 0 amide bonds. The Labute approximate surface area is 161 Å². The van der Waals surface area contributed by atoms with Gasteiger partial charge in [0.1, 0.15) is 5.65 Å². The number of H-pyrrole nitrogens is 1. The van der Waals surface area contributed by atoms with E-state index in [-0.39, 0.29) is 18.3 Å². The molecule has 0 radical (unpaired) electrons. The van der Waals surface area contributed by atoms with Crippen molar-refractivity contribution in [3.63, 3.8) is 0 Å². The predicted octanol–water partition coefficient (Wildman–Crippen LogP) is 1.33. The van der Waals surface area contributed by atoms with E-state index in [1.165, 1.54) is 0 Å². The molecule has 0 spiro atoms. The van der Waals surface area contributed by atoms with Gasteiger partial charge in [0.05, 0.1) is 32.9 Å². The standard InChI is InChI=1S/C19H20N4O5/c1-2-27-19(25)15-16(24)14(28-18(15)22-23-6-8-26-9-7-23)10-12-11-21-17-13(12)4-3-5-20-17/h3-5,10-11,15H,2,6-9H2,1H3,(H,20,21)/b14-10-,22-18-. The summed E-state index contributed by atoms with van der Waals surface area (Å²) >= 11 is 0. The number of esters is 1. The van der Waals surface area contributed by atoms with E-state index in [1.54, 1.807) is 30.4 Å². The van der Waals surface area contributed by atoms with Crippen LogP contribution in [0.15, 0.2) is 35.4 Å². The van der Waals surface area contributed by atoms with Crippen LogP contribution >= 0.6 is 0 Å². The number of carbonyl (C=O) groups excluding carboxylic acids is 2. The van der Waals surface area contributed by atoms with Crippen LogP contribution in [0.4, 0.5) is 0 Å². The minimum atomic E-state index is -1.20. The highest BCUT2D eigenvalue weighted by Crippen LogP contribution is 2.28. The average Bonchev–Trinajstić information content (AvgIpc) is 3.24. The van der Waals surface area contributed by atoms with Gasteiger partial charge < -0.3 is 19.2 Å². The third kappa shape index (κ3) is 3.48. The van der Waals surface area contributed by atoms with E-state index >= 15 is 0 Å². The van der Waals surface area contributed by atoms with Crippen molar-refractivity contribution in [2.75, 3.05) is 32.9 Å². The van der Waals surface area contributed by atoms with Crippen molar-refractivity contribution in [3.8, 4) is 0 Å². The molecule has 2 aromatic heterocycles. The molecule has 2 fully saturated rings. The first-order valence-electron chi connectivity index (χ1n) is 9.11. The van der Waals surface area contributed by atoms with Crippen molar-refractivity contribution in [1.29, 1.82) is 0 Å². The second-order valence-electron chi connectivity index (χ2n) is 6.31. The summed E-state index contributed by atoms with van der Waals surface area (Å²) in [4.78, 5) is 32.5. The van der Waals surface area contributed by atoms with Crippen LogP contribution in [-0.2, 0) is 23.8 Å². The Kier molecular flexibility index (Phi) is 5.07. The van der Waals surface area contributed by atoms with Gasteiger partial charge in [-0.15, -0.1) is 5.10 Å². The lowest BCUT2D eigenvalue weighted by Gasteiger charge is -2.24. The highest BCUT2D eigenvalue weighted by Gasteiger charge is 2.45. The summed E-state index contributed by atoms with van der Waals surface area (Å²) in [6.07, 6.45) is 5.01. The van der Waals surface area contributed by atoms with Crippen molar-refractivity contribution in [2.24, 2.45) is 11.0 Å². The molecule has 0 saturated carbocycles. The SMILES string of the molecule is CCOC(=O)C1C(=O)/C(=C/c2c[nH]c3ncccc23)O/C1=N\N1CCOCC1. The smallest absolute Gasteiger partial charge is 0.326 e. The van der Waals surface area contributed by atoms with E-state index in [0.717, 1.165) is 10.9 Å². The zero-order valence-corrected chi connectivity index (χ0v) is 15.4. The van der Waals surface area contributed by atoms with E-state index in [2.05, 4.69) is 15.1 Å². The maximum atomic E-state index is 12.9. The van der Waals surface area contributed by atoms with Gasteiger partial charge in [-0.05, 0) is 25.1 Å². The zero-order valence-electron chi connectivity index (χ0n) is 15.4. The first-order valence-corrected chi connectivity index (χ1v) is 9.11. The molecule has 2 aliphatic heterocycles. The molecule has 0 aromatic carbocycles. The number of ether oxygens (including phenoxy) is 3. The third-order valence-corrected chi connectivity index (χ3v) is 4.49. The molecule has 9 nitrogen and oxygen atoms in total. The summed E-state index contributed by atoms with van der Waals surface area (Å²) in [5.74, 6) is -2.24.